The fourth-order valence-electron chi connectivity index (χ4n) is 3.18. The van der Waals surface area contributed by atoms with Crippen LogP contribution in [0, 0.1) is 0 Å². The van der Waals surface area contributed by atoms with Crippen LogP contribution in [-0.2, 0) is 9.59 Å². The zero-order valence-electron chi connectivity index (χ0n) is 12.4. The summed E-state index contributed by atoms with van der Waals surface area (Å²) in [4.78, 5) is 38.7. The van der Waals surface area contributed by atoms with E-state index in [0.717, 1.165) is 22.6 Å². The Labute approximate surface area is 132 Å². The van der Waals surface area contributed by atoms with Gasteiger partial charge in [0.25, 0.3) is 5.91 Å². The second kappa shape index (κ2) is 5.72. The molecule has 1 saturated carbocycles. The molecule has 6 nitrogen and oxygen atoms in total. The van der Waals surface area contributed by atoms with Gasteiger partial charge >= 0.3 is 6.03 Å². The number of urea groups is 1. The van der Waals surface area contributed by atoms with Gasteiger partial charge in [0.15, 0.2) is 0 Å². The van der Waals surface area contributed by atoms with Crippen molar-refractivity contribution in [2.24, 2.45) is 0 Å². The molecule has 1 spiro atoms. The normalized spacial score (nSPS) is 21.2. The quantitative estimate of drug-likeness (QED) is 0.830. The number of rotatable bonds is 4. The minimum absolute atomic E-state index is 0.131. The van der Waals surface area contributed by atoms with Gasteiger partial charge in [0.2, 0.25) is 5.91 Å². The van der Waals surface area contributed by atoms with Crippen molar-refractivity contribution in [1.82, 2.24) is 15.5 Å². The first-order valence-corrected chi connectivity index (χ1v) is 8.37. The van der Waals surface area contributed by atoms with Crippen LogP contribution in [0.1, 0.15) is 43.5 Å². The Balaban J connectivity index is 1.62. The largest absolute Gasteiger partial charge is 0.347 e. The Bertz CT molecular complexity index is 593. The number of imide groups is 1. The summed E-state index contributed by atoms with van der Waals surface area (Å²) in [5, 5.41) is 7.55. The number of hydrogen-bond donors (Lipinski definition) is 2. The average Bonchev–Trinajstić information content (AvgIpc) is 3.18. The number of thiophene rings is 1. The second-order valence-corrected chi connectivity index (χ2v) is 6.89. The smallest absolute Gasteiger partial charge is 0.325 e. The van der Waals surface area contributed by atoms with E-state index in [2.05, 4.69) is 10.6 Å². The van der Waals surface area contributed by atoms with E-state index in [4.69, 9.17) is 0 Å². The van der Waals surface area contributed by atoms with Crippen LogP contribution in [0.3, 0.4) is 0 Å². The number of amides is 4. The fourth-order valence-corrected chi connectivity index (χ4v) is 3.91. The van der Waals surface area contributed by atoms with Gasteiger partial charge in [-0.2, -0.15) is 0 Å². The molecule has 2 fully saturated rings. The molecule has 1 aromatic rings. The van der Waals surface area contributed by atoms with Crippen molar-refractivity contribution in [3.63, 3.8) is 0 Å². The first-order valence-electron chi connectivity index (χ1n) is 7.49. The summed E-state index contributed by atoms with van der Waals surface area (Å²) in [5.41, 5.74) is -0.753. The first-order chi connectivity index (χ1) is 10.5. The van der Waals surface area contributed by atoms with Crippen molar-refractivity contribution >= 4 is 29.2 Å². The van der Waals surface area contributed by atoms with Crippen LogP contribution < -0.4 is 10.6 Å². The van der Waals surface area contributed by atoms with Crippen molar-refractivity contribution in [3.05, 3.63) is 22.4 Å². The van der Waals surface area contributed by atoms with Gasteiger partial charge in [-0.25, -0.2) is 4.79 Å². The molecule has 2 N–H and O–H groups in total. The summed E-state index contributed by atoms with van der Waals surface area (Å²) in [5.74, 6) is -0.576. The molecular weight excluding hydrogens is 302 g/mol. The Morgan fingerprint density at radius 1 is 1.45 bits per heavy atom. The third-order valence-electron chi connectivity index (χ3n) is 4.35. The minimum Gasteiger partial charge on any atom is -0.347 e. The van der Waals surface area contributed by atoms with Gasteiger partial charge in [-0.15, -0.1) is 11.3 Å². The number of carbonyl (C=O) groups is 3. The molecule has 2 heterocycles. The van der Waals surface area contributed by atoms with Gasteiger partial charge in [0.1, 0.15) is 12.1 Å². The van der Waals surface area contributed by atoms with Crippen molar-refractivity contribution in [2.75, 3.05) is 6.54 Å². The number of nitrogens with zero attached hydrogens (tertiary/aromatic N) is 1. The maximum absolute atomic E-state index is 12.5. The standard InChI is InChI=1S/C15H19N3O3S/c1-10(11-5-4-8-22-11)16-12(19)9-18-13(20)15(17-14(18)21)6-2-3-7-15/h4-5,8,10H,2-3,6-7,9H2,1H3,(H,16,19)(H,17,21). The molecule has 4 amide bonds. The van der Waals surface area contributed by atoms with E-state index in [1.54, 1.807) is 11.3 Å². The summed E-state index contributed by atoms with van der Waals surface area (Å²) < 4.78 is 0. The highest BCUT2D eigenvalue weighted by molar-refractivity contribution is 7.10. The molecule has 0 aromatic carbocycles. The summed E-state index contributed by atoms with van der Waals surface area (Å²) in [6.07, 6.45) is 3.20. The van der Waals surface area contributed by atoms with Gasteiger partial charge in [-0.1, -0.05) is 18.9 Å². The molecule has 22 heavy (non-hydrogen) atoms. The molecule has 1 aliphatic carbocycles. The zero-order chi connectivity index (χ0) is 15.7. The van der Waals surface area contributed by atoms with Crippen LogP contribution in [0.4, 0.5) is 4.79 Å². The summed E-state index contributed by atoms with van der Waals surface area (Å²) >= 11 is 1.56. The van der Waals surface area contributed by atoms with Gasteiger partial charge in [-0.3, -0.25) is 14.5 Å². The molecule has 1 aromatic heterocycles. The van der Waals surface area contributed by atoms with E-state index in [-0.39, 0.29) is 24.4 Å². The lowest BCUT2D eigenvalue weighted by Crippen LogP contribution is -2.45. The zero-order valence-corrected chi connectivity index (χ0v) is 13.2. The molecule has 1 unspecified atom stereocenters. The van der Waals surface area contributed by atoms with E-state index in [9.17, 15) is 14.4 Å². The maximum Gasteiger partial charge on any atom is 0.325 e. The molecular formula is C15H19N3O3S. The molecule has 1 saturated heterocycles. The molecule has 1 aliphatic heterocycles. The molecule has 3 rings (SSSR count). The Kier molecular flexibility index (Phi) is 3.90. The molecule has 7 heteroatoms. The highest BCUT2D eigenvalue weighted by atomic mass is 32.1. The third kappa shape index (κ3) is 2.61. The maximum atomic E-state index is 12.5. The van der Waals surface area contributed by atoms with Crippen LogP contribution in [0.2, 0.25) is 0 Å². The fraction of sp³-hybridized carbons (Fsp3) is 0.533. The monoisotopic (exact) mass is 321 g/mol. The highest BCUT2D eigenvalue weighted by Gasteiger charge is 2.52. The number of carbonyl (C=O) groups excluding carboxylic acids is 3. The van der Waals surface area contributed by atoms with E-state index in [1.807, 2.05) is 24.4 Å². The van der Waals surface area contributed by atoms with Crippen LogP contribution in [0.5, 0.6) is 0 Å². The second-order valence-electron chi connectivity index (χ2n) is 5.92. The van der Waals surface area contributed by atoms with Gasteiger partial charge in [0.05, 0.1) is 6.04 Å². The third-order valence-corrected chi connectivity index (χ3v) is 5.41. The van der Waals surface area contributed by atoms with Crippen molar-refractivity contribution < 1.29 is 14.4 Å². The molecule has 0 radical (unpaired) electrons. The number of nitrogens with one attached hydrogen (secondary N) is 2. The highest BCUT2D eigenvalue weighted by Crippen LogP contribution is 2.34. The SMILES string of the molecule is CC(NC(=O)CN1C(=O)NC2(CCCC2)C1=O)c1cccs1. The van der Waals surface area contributed by atoms with Crippen LogP contribution in [0.15, 0.2) is 17.5 Å². The van der Waals surface area contributed by atoms with Crippen LogP contribution in [-0.4, -0.2) is 34.8 Å². The van der Waals surface area contributed by atoms with Crippen molar-refractivity contribution in [2.45, 2.75) is 44.2 Å². The molecule has 2 aliphatic rings. The Morgan fingerprint density at radius 2 is 2.18 bits per heavy atom. The van der Waals surface area contributed by atoms with Gasteiger partial charge in [0, 0.05) is 4.88 Å². The van der Waals surface area contributed by atoms with Crippen molar-refractivity contribution in [3.8, 4) is 0 Å². The lowest BCUT2D eigenvalue weighted by atomic mass is 9.98. The molecule has 1 atom stereocenters. The lowest BCUT2D eigenvalue weighted by Gasteiger charge is -2.20. The van der Waals surface area contributed by atoms with Crippen LogP contribution >= 0.6 is 11.3 Å². The lowest BCUT2D eigenvalue weighted by molar-refractivity contribution is -0.135. The molecule has 118 valence electrons. The summed E-state index contributed by atoms with van der Waals surface area (Å²) in [7, 11) is 0. The summed E-state index contributed by atoms with van der Waals surface area (Å²) in [6.45, 7) is 1.66. The Hall–Kier alpha value is -1.89. The summed E-state index contributed by atoms with van der Waals surface area (Å²) in [6, 6.07) is 3.28. The van der Waals surface area contributed by atoms with Gasteiger partial charge < -0.3 is 10.6 Å². The van der Waals surface area contributed by atoms with E-state index < -0.39 is 11.6 Å². The van der Waals surface area contributed by atoms with E-state index in [1.165, 1.54) is 0 Å². The number of hydrogen-bond acceptors (Lipinski definition) is 4. The minimum atomic E-state index is -0.753. The molecule has 0 bridgehead atoms. The van der Waals surface area contributed by atoms with E-state index in [0.29, 0.717) is 12.8 Å². The van der Waals surface area contributed by atoms with Crippen LogP contribution in [0.25, 0.3) is 0 Å². The predicted molar refractivity (Wildman–Crippen MR) is 82.3 cm³/mol. The predicted octanol–water partition coefficient (Wildman–Crippen LogP) is 1.79. The van der Waals surface area contributed by atoms with Gasteiger partial charge in [-0.05, 0) is 31.2 Å². The Morgan fingerprint density at radius 3 is 2.82 bits per heavy atom. The topological polar surface area (TPSA) is 78.5 Å². The average molecular weight is 321 g/mol. The first kappa shape index (κ1) is 15.0. The van der Waals surface area contributed by atoms with E-state index >= 15 is 0 Å². The van der Waals surface area contributed by atoms with Crippen molar-refractivity contribution in [1.29, 1.82) is 0 Å².